The van der Waals surface area contributed by atoms with Crippen LogP contribution in [0.1, 0.15) is 18.7 Å². The maximum Gasteiger partial charge on any atom is 0.453 e. The van der Waals surface area contributed by atoms with Gasteiger partial charge in [0.2, 0.25) is 5.91 Å². The van der Waals surface area contributed by atoms with E-state index < -0.39 is 12.0 Å². The summed E-state index contributed by atoms with van der Waals surface area (Å²) in [5.74, 6) is 0.144. The molecule has 3 aromatic rings. The predicted octanol–water partition coefficient (Wildman–Crippen LogP) is 2.72. The number of rotatable bonds is 4. The van der Waals surface area contributed by atoms with Crippen LogP contribution in [-0.2, 0) is 11.0 Å². The second-order valence-corrected chi connectivity index (χ2v) is 8.75. The summed E-state index contributed by atoms with van der Waals surface area (Å²) >= 11 is 0. The average molecular weight is 490 g/mol. The summed E-state index contributed by atoms with van der Waals surface area (Å²) in [5.41, 5.74) is 1.15. The number of anilines is 2. The molecule has 2 saturated heterocycles. The zero-order chi connectivity index (χ0) is 24.6. The van der Waals surface area contributed by atoms with Gasteiger partial charge in [-0.3, -0.25) is 4.79 Å². The minimum atomic E-state index is -4.64. The fourth-order valence-corrected chi connectivity index (χ4v) is 4.72. The van der Waals surface area contributed by atoms with Crippen LogP contribution in [0, 0.1) is 5.92 Å². The van der Waals surface area contributed by atoms with Gasteiger partial charge in [-0.25, -0.2) is 0 Å². The predicted molar refractivity (Wildman–Crippen MR) is 123 cm³/mol. The molecule has 2 aliphatic heterocycles. The van der Waals surface area contributed by atoms with Gasteiger partial charge in [-0.2, -0.15) is 17.7 Å². The zero-order valence-electron chi connectivity index (χ0n) is 19.3. The van der Waals surface area contributed by atoms with Crippen LogP contribution in [-0.4, -0.2) is 77.0 Å². The van der Waals surface area contributed by atoms with Crippen molar-refractivity contribution in [3.05, 3.63) is 42.2 Å². The minimum Gasteiger partial charge on any atom is -0.497 e. The van der Waals surface area contributed by atoms with Crippen molar-refractivity contribution in [2.24, 2.45) is 5.92 Å². The lowest BCUT2D eigenvalue weighted by atomic mass is 9.95. The molecule has 1 amide bonds. The molecule has 186 valence electrons. The Morgan fingerprint density at radius 3 is 2.23 bits per heavy atom. The molecule has 0 N–H and O–H groups in total. The van der Waals surface area contributed by atoms with Crippen molar-refractivity contribution in [3.8, 4) is 5.75 Å². The fourth-order valence-electron chi connectivity index (χ4n) is 4.72. The summed E-state index contributed by atoms with van der Waals surface area (Å²) in [6, 6.07) is 11.0. The molecular weight excluding hydrogens is 463 g/mol. The number of halogens is 3. The summed E-state index contributed by atoms with van der Waals surface area (Å²) in [5, 5.41) is 10.9. The second-order valence-electron chi connectivity index (χ2n) is 8.75. The fraction of sp³-hybridized carbons (Fsp3) is 0.478. The highest BCUT2D eigenvalue weighted by Crippen LogP contribution is 2.29. The maximum absolute atomic E-state index is 13.2. The topological polar surface area (TPSA) is 79.1 Å². The van der Waals surface area contributed by atoms with Crippen LogP contribution >= 0.6 is 0 Å². The Morgan fingerprint density at radius 2 is 1.60 bits per heavy atom. The molecule has 1 aromatic carbocycles. The minimum absolute atomic E-state index is 0.0416. The normalized spacial score (nSPS) is 17.8. The van der Waals surface area contributed by atoms with Crippen LogP contribution in [0.25, 0.3) is 5.65 Å². The van der Waals surface area contributed by atoms with Crippen molar-refractivity contribution >= 4 is 23.1 Å². The molecule has 0 radical (unpaired) electrons. The Morgan fingerprint density at radius 1 is 0.914 bits per heavy atom. The molecule has 0 spiro atoms. The van der Waals surface area contributed by atoms with Gasteiger partial charge in [0.05, 0.1) is 7.11 Å². The molecule has 4 heterocycles. The van der Waals surface area contributed by atoms with E-state index in [1.165, 1.54) is 6.07 Å². The van der Waals surface area contributed by atoms with Crippen molar-refractivity contribution in [1.29, 1.82) is 0 Å². The lowest BCUT2D eigenvalue weighted by Crippen LogP contribution is -2.51. The summed E-state index contributed by atoms with van der Waals surface area (Å²) in [6.07, 6.45) is -3.38. The van der Waals surface area contributed by atoms with Gasteiger partial charge < -0.3 is 19.4 Å². The summed E-state index contributed by atoms with van der Waals surface area (Å²) in [7, 11) is 1.64. The lowest BCUT2D eigenvalue weighted by Gasteiger charge is -2.39. The highest BCUT2D eigenvalue weighted by molar-refractivity contribution is 5.79. The molecule has 12 heteroatoms. The van der Waals surface area contributed by atoms with Crippen molar-refractivity contribution in [3.63, 3.8) is 0 Å². The molecular formula is C23H26F3N7O2. The largest absolute Gasteiger partial charge is 0.497 e. The molecule has 0 saturated carbocycles. The SMILES string of the molecule is COc1ccc(N2CCN(C(=O)C3CCN(c4ccc5nnc(C(F)(F)F)n5n4)CC3)CC2)cc1. The first kappa shape index (κ1) is 23.2. The van der Waals surface area contributed by atoms with E-state index in [-0.39, 0.29) is 17.5 Å². The van der Waals surface area contributed by atoms with Gasteiger partial charge in [-0.1, -0.05) is 0 Å². The molecule has 35 heavy (non-hydrogen) atoms. The Bertz CT molecular complexity index is 1180. The van der Waals surface area contributed by atoms with E-state index in [0.29, 0.717) is 44.8 Å². The van der Waals surface area contributed by atoms with Crippen LogP contribution in [0.5, 0.6) is 5.75 Å². The van der Waals surface area contributed by atoms with E-state index in [1.807, 2.05) is 34.1 Å². The first-order valence-corrected chi connectivity index (χ1v) is 11.6. The average Bonchev–Trinajstić information content (AvgIpc) is 3.33. The second kappa shape index (κ2) is 9.23. The monoisotopic (exact) mass is 489 g/mol. The highest BCUT2D eigenvalue weighted by Gasteiger charge is 2.38. The van der Waals surface area contributed by atoms with Crippen LogP contribution in [0.4, 0.5) is 24.7 Å². The van der Waals surface area contributed by atoms with Gasteiger partial charge in [0, 0.05) is 50.9 Å². The smallest absolute Gasteiger partial charge is 0.453 e. The van der Waals surface area contributed by atoms with Gasteiger partial charge in [-0.15, -0.1) is 15.3 Å². The van der Waals surface area contributed by atoms with Gasteiger partial charge >= 0.3 is 6.18 Å². The van der Waals surface area contributed by atoms with E-state index in [1.54, 1.807) is 13.2 Å². The number of methoxy groups -OCH3 is 1. The zero-order valence-corrected chi connectivity index (χ0v) is 19.3. The molecule has 2 fully saturated rings. The van der Waals surface area contributed by atoms with Crippen molar-refractivity contribution < 1.29 is 22.7 Å². The van der Waals surface area contributed by atoms with Crippen molar-refractivity contribution in [2.75, 3.05) is 56.2 Å². The quantitative estimate of drug-likeness (QED) is 0.558. The Labute approximate surface area is 200 Å². The Balaban J connectivity index is 1.17. The maximum atomic E-state index is 13.2. The molecule has 0 unspecified atom stereocenters. The number of hydrogen-bond donors (Lipinski definition) is 0. The molecule has 2 aliphatic rings. The van der Waals surface area contributed by atoms with E-state index in [9.17, 15) is 18.0 Å². The number of nitrogens with zero attached hydrogens (tertiary/aromatic N) is 7. The van der Waals surface area contributed by atoms with Crippen LogP contribution in [0.2, 0.25) is 0 Å². The van der Waals surface area contributed by atoms with Gasteiger partial charge in [0.1, 0.15) is 11.6 Å². The number of hydrogen-bond acceptors (Lipinski definition) is 7. The molecule has 2 aromatic heterocycles. The first-order valence-electron chi connectivity index (χ1n) is 11.6. The summed E-state index contributed by atoms with van der Waals surface area (Å²) in [6.45, 7) is 3.95. The number of ether oxygens (including phenoxy) is 1. The van der Waals surface area contributed by atoms with E-state index in [0.717, 1.165) is 29.0 Å². The van der Waals surface area contributed by atoms with Crippen LogP contribution < -0.4 is 14.5 Å². The Kier molecular flexibility index (Phi) is 6.12. The first-order chi connectivity index (χ1) is 16.8. The van der Waals surface area contributed by atoms with Gasteiger partial charge in [0.15, 0.2) is 5.65 Å². The van der Waals surface area contributed by atoms with Gasteiger partial charge in [0.25, 0.3) is 5.82 Å². The highest BCUT2D eigenvalue weighted by atomic mass is 19.4. The number of carbonyl (C=O) groups excluding carboxylic acids is 1. The number of carbonyl (C=O) groups is 1. The Hall–Kier alpha value is -3.57. The summed E-state index contributed by atoms with van der Waals surface area (Å²) < 4.78 is 45.4. The number of fused-ring (bicyclic) bond motifs is 1. The number of piperidine rings is 1. The number of piperazine rings is 1. The number of amides is 1. The molecule has 0 bridgehead atoms. The molecule has 5 rings (SSSR count). The summed E-state index contributed by atoms with van der Waals surface area (Å²) in [4.78, 5) is 19.2. The van der Waals surface area contributed by atoms with Crippen molar-refractivity contribution in [2.45, 2.75) is 19.0 Å². The van der Waals surface area contributed by atoms with E-state index in [2.05, 4.69) is 20.2 Å². The molecule has 0 aliphatic carbocycles. The molecule has 9 nitrogen and oxygen atoms in total. The number of benzene rings is 1. The third kappa shape index (κ3) is 4.69. The third-order valence-electron chi connectivity index (χ3n) is 6.70. The van der Waals surface area contributed by atoms with Crippen LogP contribution in [0.3, 0.4) is 0 Å². The van der Waals surface area contributed by atoms with Crippen LogP contribution in [0.15, 0.2) is 36.4 Å². The number of alkyl halides is 3. The standard InChI is InChI=1S/C23H26F3N7O2/c1-35-18-4-2-17(3-5-18)30-12-14-32(15-13-30)21(34)16-8-10-31(11-9-16)20-7-6-19-27-28-22(23(24,25)26)33(19)29-20/h2-7,16H,8-15H2,1H3. The lowest BCUT2D eigenvalue weighted by molar-refractivity contribution is -0.146. The number of aromatic nitrogens is 4. The third-order valence-corrected chi connectivity index (χ3v) is 6.70. The van der Waals surface area contributed by atoms with E-state index >= 15 is 0 Å². The van der Waals surface area contributed by atoms with Gasteiger partial charge in [-0.05, 0) is 49.2 Å². The molecule has 0 atom stereocenters. The van der Waals surface area contributed by atoms with Crippen molar-refractivity contribution in [1.82, 2.24) is 24.7 Å². The van der Waals surface area contributed by atoms with E-state index in [4.69, 9.17) is 4.74 Å².